The zero-order valence-electron chi connectivity index (χ0n) is 23.3. The van der Waals surface area contributed by atoms with Gasteiger partial charge in [-0.15, -0.1) is 0 Å². The summed E-state index contributed by atoms with van der Waals surface area (Å²) in [5.41, 5.74) is 2.74. The van der Waals surface area contributed by atoms with E-state index in [0.717, 1.165) is 5.56 Å². The van der Waals surface area contributed by atoms with Crippen molar-refractivity contribution >= 4 is 29.1 Å². The van der Waals surface area contributed by atoms with Crippen LogP contribution in [0.4, 0.5) is 0 Å². The number of carbonyl (C=O) groups is 3. The number of benzene rings is 3. The quantitative estimate of drug-likeness (QED) is 0.110. The Morgan fingerprint density at radius 3 is 2.31 bits per heavy atom. The van der Waals surface area contributed by atoms with Gasteiger partial charge in [-0.05, 0) is 53.9 Å². The molecule has 0 aliphatic heterocycles. The Morgan fingerprint density at radius 2 is 1.67 bits per heavy atom. The number of Topliss-reactive ketones (excluding diaryl/α,β-unsaturated/α-hetero) is 2. The highest BCUT2D eigenvalue weighted by Crippen LogP contribution is 2.34. The van der Waals surface area contributed by atoms with Gasteiger partial charge in [-0.1, -0.05) is 66.7 Å². The van der Waals surface area contributed by atoms with Gasteiger partial charge in [-0.2, -0.15) is 0 Å². The third-order valence-corrected chi connectivity index (χ3v) is 7.03. The van der Waals surface area contributed by atoms with Crippen molar-refractivity contribution in [2.24, 2.45) is 0 Å². The van der Waals surface area contributed by atoms with Gasteiger partial charge >= 0.3 is 5.97 Å². The zero-order valence-corrected chi connectivity index (χ0v) is 24.1. The minimum atomic E-state index is -0.855. The number of esters is 1. The third-order valence-electron chi connectivity index (χ3n) is 6.79. The van der Waals surface area contributed by atoms with Gasteiger partial charge in [0.15, 0.2) is 11.6 Å². The van der Waals surface area contributed by atoms with Gasteiger partial charge in [0.25, 0.3) is 5.56 Å². The lowest BCUT2D eigenvalue weighted by molar-refractivity contribution is -0.121. The van der Waals surface area contributed by atoms with Crippen LogP contribution in [0.2, 0.25) is 5.02 Å². The van der Waals surface area contributed by atoms with Crippen LogP contribution in [0.3, 0.4) is 0 Å². The number of nitrogens with zero attached hydrogens (tertiary/aromatic N) is 1. The number of methoxy groups -OCH3 is 1. The first-order valence-corrected chi connectivity index (χ1v) is 13.6. The van der Waals surface area contributed by atoms with E-state index in [1.54, 1.807) is 42.5 Å². The highest BCUT2D eigenvalue weighted by atomic mass is 35.5. The van der Waals surface area contributed by atoms with Crippen molar-refractivity contribution < 1.29 is 23.9 Å². The molecule has 0 amide bonds. The molecule has 0 radical (unpaired) electrons. The Balaban J connectivity index is 1.73. The van der Waals surface area contributed by atoms with Crippen molar-refractivity contribution in [1.82, 2.24) is 4.57 Å². The van der Waals surface area contributed by atoms with Crippen LogP contribution in [-0.4, -0.2) is 35.8 Å². The lowest BCUT2D eigenvalue weighted by atomic mass is 9.95. The molecule has 0 spiro atoms. The van der Waals surface area contributed by atoms with E-state index < -0.39 is 17.6 Å². The number of ketones is 2. The highest BCUT2D eigenvalue weighted by molar-refractivity contribution is 6.31. The number of ether oxygens (including phenoxy) is 2. The van der Waals surface area contributed by atoms with Gasteiger partial charge < -0.3 is 14.0 Å². The summed E-state index contributed by atoms with van der Waals surface area (Å²) in [5, 5.41) is 0.401. The molecule has 4 rings (SSSR count). The smallest absolute Gasteiger partial charge is 0.338 e. The molecule has 1 atom stereocenters. The van der Waals surface area contributed by atoms with Crippen molar-refractivity contribution in [1.29, 1.82) is 0 Å². The average molecular weight is 584 g/mol. The maximum Gasteiger partial charge on any atom is 0.338 e. The first-order valence-electron chi connectivity index (χ1n) is 13.3. The molecule has 0 aliphatic carbocycles. The van der Waals surface area contributed by atoms with Gasteiger partial charge in [-0.3, -0.25) is 14.4 Å². The minimum absolute atomic E-state index is 0.0266. The summed E-state index contributed by atoms with van der Waals surface area (Å²) in [5.74, 6) is -0.566. The zero-order chi connectivity index (χ0) is 30.2. The monoisotopic (exact) mass is 583 g/mol. The minimum Gasteiger partial charge on any atom is -0.495 e. The molecule has 0 saturated carbocycles. The number of aromatic nitrogens is 1. The SMILES string of the molecule is C=CCOC(=O)c1ccc(CC(=O)[C@H](Cc2ccccc2)n2cc(OC)c(-c3cc(Cl)ccc3C(C)=O)cc2=O)cc1. The van der Waals surface area contributed by atoms with Gasteiger partial charge in [0.1, 0.15) is 12.4 Å². The van der Waals surface area contributed by atoms with Crippen molar-refractivity contribution in [3.05, 3.63) is 135 Å². The Kier molecular flexibility index (Phi) is 9.89. The molecular formula is C34H30ClNO6. The fourth-order valence-corrected chi connectivity index (χ4v) is 4.86. The van der Waals surface area contributed by atoms with Crippen molar-refractivity contribution in [2.45, 2.75) is 25.8 Å². The second-order valence-corrected chi connectivity index (χ2v) is 10.1. The molecule has 1 aromatic heterocycles. The van der Waals surface area contributed by atoms with E-state index >= 15 is 0 Å². The van der Waals surface area contributed by atoms with Crippen LogP contribution in [0.25, 0.3) is 11.1 Å². The van der Waals surface area contributed by atoms with Crippen LogP contribution >= 0.6 is 11.6 Å². The number of carbonyl (C=O) groups excluding carboxylic acids is 3. The maximum absolute atomic E-state index is 13.8. The van der Waals surface area contributed by atoms with Gasteiger partial charge in [0, 0.05) is 35.1 Å². The second-order valence-electron chi connectivity index (χ2n) is 9.68. The summed E-state index contributed by atoms with van der Waals surface area (Å²) in [7, 11) is 1.46. The molecule has 4 aromatic rings. The summed E-state index contributed by atoms with van der Waals surface area (Å²) < 4.78 is 12.1. The predicted molar refractivity (Wildman–Crippen MR) is 163 cm³/mol. The molecule has 0 bridgehead atoms. The molecule has 42 heavy (non-hydrogen) atoms. The first kappa shape index (κ1) is 30.2. The number of halogens is 1. The topological polar surface area (TPSA) is 91.7 Å². The molecule has 8 heteroatoms. The lowest BCUT2D eigenvalue weighted by Crippen LogP contribution is -2.32. The molecule has 0 unspecified atom stereocenters. The first-order chi connectivity index (χ1) is 20.2. The van der Waals surface area contributed by atoms with E-state index in [1.165, 1.54) is 36.9 Å². The van der Waals surface area contributed by atoms with E-state index in [1.807, 2.05) is 30.3 Å². The third kappa shape index (κ3) is 7.11. The second kappa shape index (κ2) is 13.7. The van der Waals surface area contributed by atoms with Crippen molar-refractivity contribution in [2.75, 3.05) is 13.7 Å². The molecule has 0 aliphatic rings. The fraction of sp³-hybridized carbons (Fsp3) is 0.176. The lowest BCUT2D eigenvalue weighted by Gasteiger charge is -2.22. The Morgan fingerprint density at radius 1 is 0.952 bits per heavy atom. The standard InChI is InChI=1S/C34H30ClNO6/c1-4-16-42-34(40)25-12-10-24(11-13-25)18-31(38)30(17-23-8-6-5-7-9-23)36-21-32(41-3)29(20-33(36)39)28-19-26(35)14-15-27(28)22(2)37/h4-15,19-21,30H,1,16-18H2,2-3H3/t30-/m0/s1. The number of rotatable bonds is 12. The average Bonchev–Trinajstić information content (AvgIpc) is 2.99. The van der Waals surface area contributed by atoms with Crippen molar-refractivity contribution in [3.63, 3.8) is 0 Å². The molecule has 7 nitrogen and oxygen atoms in total. The number of hydrogen-bond acceptors (Lipinski definition) is 6. The van der Waals surface area contributed by atoms with Gasteiger partial charge in [-0.25, -0.2) is 4.79 Å². The van der Waals surface area contributed by atoms with Crippen LogP contribution in [0, 0.1) is 0 Å². The van der Waals surface area contributed by atoms with Crippen LogP contribution in [-0.2, 0) is 22.4 Å². The Hall–Kier alpha value is -4.75. The molecular weight excluding hydrogens is 554 g/mol. The summed E-state index contributed by atoms with van der Waals surface area (Å²) in [6.07, 6.45) is 3.29. The summed E-state index contributed by atoms with van der Waals surface area (Å²) in [6, 6.07) is 21.3. The van der Waals surface area contributed by atoms with E-state index in [-0.39, 0.29) is 31.0 Å². The van der Waals surface area contributed by atoms with E-state index in [4.69, 9.17) is 21.1 Å². The largest absolute Gasteiger partial charge is 0.495 e. The normalized spacial score (nSPS) is 11.4. The number of pyridine rings is 1. The van der Waals surface area contributed by atoms with Crippen LogP contribution in [0.5, 0.6) is 5.75 Å². The molecule has 214 valence electrons. The van der Waals surface area contributed by atoms with Crippen LogP contribution < -0.4 is 10.3 Å². The molecule has 0 N–H and O–H groups in total. The maximum atomic E-state index is 13.8. The predicted octanol–water partition coefficient (Wildman–Crippen LogP) is 6.32. The Bertz CT molecular complexity index is 1680. The molecule has 0 fully saturated rings. The number of hydrogen-bond donors (Lipinski definition) is 0. The van der Waals surface area contributed by atoms with E-state index in [0.29, 0.717) is 38.6 Å². The van der Waals surface area contributed by atoms with Crippen LogP contribution in [0.15, 0.2) is 103 Å². The summed E-state index contributed by atoms with van der Waals surface area (Å²) >= 11 is 6.24. The van der Waals surface area contributed by atoms with E-state index in [9.17, 15) is 19.2 Å². The fourth-order valence-electron chi connectivity index (χ4n) is 4.69. The Labute approximate surface area is 249 Å². The molecule has 0 saturated heterocycles. The summed E-state index contributed by atoms with van der Waals surface area (Å²) in [4.78, 5) is 51.9. The molecule has 1 heterocycles. The summed E-state index contributed by atoms with van der Waals surface area (Å²) in [6.45, 7) is 5.07. The van der Waals surface area contributed by atoms with Crippen LogP contribution in [0.1, 0.15) is 44.8 Å². The molecule has 3 aromatic carbocycles. The van der Waals surface area contributed by atoms with Gasteiger partial charge in [0.2, 0.25) is 0 Å². The highest BCUT2D eigenvalue weighted by Gasteiger charge is 2.25. The van der Waals surface area contributed by atoms with E-state index in [2.05, 4.69) is 6.58 Å². The van der Waals surface area contributed by atoms with Gasteiger partial charge in [0.05, 0.1) is 24.9 Å². The van der Waals surface area contributed by atoms with Crippen molar-refractivity contribution in [3.8, 4) is 16.9 Å².